The van der Waals surface area contributed by atoms with Crippen LogP contribution in [0.2, 0.25) is 5.02 Å². The Labute approximate surface area is 123 Å². The molecule has 0 bridgehead atoms. The van der Waals surface area contributed by atoms with Gasteiger partial charge in [-0.1, -0.05) is 40.5 Å². The Kier molecular flexibility index (Phi) is 5.97. The predicted molar refractivity (Wildman–Crippen MR) is 79.1 cm³/mol. The highest BCUT2D eigenvalue weighted by Gasteiger charge is 2.15. The number of amides is 1. The Hall–Kier alpha value is -0.0600. The predicted octanol–water partition coefficient (Wildman–Crippen LogP) is 4.39. The lowest BCUT2D eigenvalue weighted by molar-refractivity contribution is 0.0939. The number of nitrogens with one attached hydrogen (secondary N) is 1. The fourth-order valence-electron chi connectivity index (χ4n) is 1.53. The van der Waals surface area contributed by atoms with Crippen LogP contribution in [0.4, 0.5) is 0 Å². The third kappa shape index (κ3) is 4.60. The van der Waals surface area contributed by atoms with Crippen molar-refractivity contribution in [3.63, 3.8) is 0 Å². The van der Waals surface area contributed by atoms with Crippen molar-refractivity contribution in [1.82, 2.24) is 5.32 Å². The number of hydrogen-bond donors (Lipinski definition) is 1. The van der Waals surface area contributed by atoms with Crippen molar-refractivity contribution < 1.29 is 4.79 Å². The summed E-state index contributed by atoms with van der Waals surface area (Å²) in [4.78, 5) is 12.3. The molecule has 0 aliphatic heterocycles. The van der Waals surface area contributed by atoms with Crippen LogP contribution in [0.5, 0.6) is 0 Å². The molecular formula is C12H14Br2ClNO. The van der Waals surface area contributed by atoms with Gasteiger partial charge in [-0.25, -0.2) is 0 Å². The summed E-state index contributed by atoms with van der Waals surface area (Å²) in [5.74, 6) is -0.142. The van der Waals surface area contributed by atoms with E-state index < -0.39 is 0 Å². The van der Waals surface area contributed by atoms with E-state index in [1.165, 1.54) is 0 Å². The maximum absolute atomic E-state index is 12.0. The SMILES string of the molecule is CC(Br)CC(C)NC(=O)c1cccc(Br)c1Cl. The molecule has 0 aromatic heterocycles. The van der Waals surface area contributed by atoms with Gasteiger partial charge in [0.15, 0.2) is 0 Å². The summed E-state index contributed by atoms with van der Waals surface area (Å²) in [6.45, 7) is 4.02. The summed E-state index contributed by atoms with van der Waals surface area (Å²) in [6.07, 6.45) is 0.872. The highest BCUT2D eigenvalue weighted by atomic mass is 79.9. The highest BCUT2D eigenvalue weighted by Crippen LogP contribution is 2.26. The van der Waals surface area contributed by atoms with Crippen LogP contribution in [0.15, 0.2) is 22.7 Å². The maximum atomic E-state index is 12.0. The fourth-order valence-corrected chi connectivity index (χ4v) is 2.67. The van der Waals surface area contributed by atoms with Gasteiger partial charge < -0.3 is 5.32 Å². The smallest absolute Gasteiger partial charge is 0.253 e. The summed E-state index contributed by atoms with van der Waals surface area (Å²) in [7, 11) is 0. The van der Waals surface area contributed by atoms with Crippen LogP contribution in [0, 0.1) is 0 Å². The van der Waals surface area contributed by atoms with Crippen molar-refractivity contribution in [2.45, 2.75) is 31.1 Å². The molecule has 1 amide bonds. The quantitative estimate of drug-likeness (QED) is 0.768. The van der Waals surface area contributed by atoms with E-state index in [9.17, 15) is 4.79 Å². The Balaban J connectivity index is 2.73. The second kappa shape index (κ2) is 6.76. The summed E-state index contributed by atoms with van der Waals surface area (Å²) >= 11 is 12.8. The van der Waals surface area contributed by atoms with E-state index in [0.717, 1.165) is 10.9 Å². The van der Waals surface area contributed by atoms with Crippen molar-refractivity contribution >= 4 is 49.4 Å². The van der Waals surface area contributed by atoms with Crippen molar-refractivity contribution in [2.75, 3.05) is 0 Å². The van der Waals surface area contributed by atoms with Gasteiger partial charge in [0.05, 0.1) is 10.6 Å². The molecule has 1 N–H and O–H groups in total. The molecule has 1 aromatic carbocycles. The van der Waals surface area contributed by atoms with Crippen LogP contribution in [-0.2, 0) is 0 Å². The van der Waals surface area contributed by atoms with Crippen LogP contribution < -0.4 is 5.32 Å². The first-order chi connectivity index (χ1) is 7.91. The minimum atomic E-state index is -0.142. The van der Waals surface area contributed by atoms with Crippen molar-refractivity contribution in [2.24, 2.45) is 0 Å². The lowest BCUT2D eigenvalue weighted by Crippen LogP contribution is -2.34. The van der Waals surface area contributed by atoms with Crippen molar-refractivity contribution in [3.05, 3.63) is 33.3 Å². The molecule has 0 fully saturated rings. The summed E-state index contributed by atoms with van der Waals surface area (Å²) in [5.41, 5.74) is 0.495. The van der Waals surface area contributed by atoms with Crippen LogP contribution in [-0.4, -0.2) is 16.8 Å². The molecule has 2 nitrogen and oxygen atoms in total. The molecule has 2 unspecified atom stereocenters. The number of carbonyl (C=O) groups is 1. The van der Waals surface area contributed by atoms with E-state index in [1.807, 2.05) is 13.0 Å². The molecule has 2 atom stereocenters. The number of benzene rings is 1. The Morgan fingerprint density at radius 3 is 2.71 bits per heavy atom. The third-order valence-electron chi connectivity index (χ3n) is 2.25. The zero-order chi connectivity index (χ0) is 13.0. The second-order valence-corrected chi connectivity index (χ2v) is 6.79. The van der Waals surface area contributed by atoms with Gasteiger partial charge in [0.2, 0.25) is 0 Å². The Morgan fingerprint density at radius 2 is 2.12 bits per heavy atom. The summed E-state index contributed by atoms with van der Waals surface area (Å²) in [6, 6.07) is 5.42. The molecule has 0 saturated heterocycles. The first-order valence-corrected chi connectivity index (χ1v) is 7.39. The van der Waals surface area contributed by atoms with Crippen LogP contribution in [0.1, 0.15) is 30.6 Å². The molecule has 0 radical (unpaired) electrons. The minimum absolute atomic E-state index is 0.104. The van der Waals surface area contributed by atoms with E-state index >= 15 is 0 Å². The Bertz CT molecular complexity index is 409. The summed E-state index contributed by atoms with van der Waals surface area (Å²) in [5, 5.41) is 3.37. The van der Waals surface area contributed by atoms with E-state index in [0.29, 0.717) is 15.4 Å². The zero-order valence-corrected chi connectivity index (χ0v) is 13.6. The topological polar surface area (TPSA) is 29.1 Å². The standard InChI is InChI=1S/C12H14Br2ClNO/c1-7(13)6-8(2)16-12(17)9-4-3-5-10(14)11(9)15/h3-5,7-8H,6H2,1-2H3,(H,16,17). The Morgan fingerprint density at radius 1 is 1.47 bits per heavy atom. The van der Waals surface area contributed by atoms with Gasteiger partial charge in [-0.3, -0.25) is 4.79 Å². The zero-order valence-electron chi connectivity index (χ0n) is 9.64. The fraction of sp³-hybridized carbons (Fsp3) is 0.417. The monoisotopic (exact) mass is 381 g/mol. The average Bonchev–Trinajstić information content (AvgIpc) is 2.20. The highest BCUT2D eigenvalue weighted by molar-refractivity contribution is 9.10. The molecule has 0 saturated carbocycles. The number of rotatable bonds is 4. The van der Waals surface area contributed by atoms with Gasteiger partial charge in [0, 0.05) is 15.3 Å². The molecule has 0 spiro atoms. The van der Waals surface area contributed by atoms with E-state index in [1.54, 1.807) is 12.1 Å². The first kappa shape index (κ1) is 15.0. The van der Waals surface area contributed by atoms with Crippen LogP contribution in [0.3, 0.4) is 0 Å². The van der Waals surface area contributed by atoms with Gasteiger partial charge in [0.25, 0.3) is 5.91 Å². The number of halogens is 3. The van der Waals surface area contributed by atoms with Crippen LogP contribution in [0.25, 0.3) is 0 Å². The van der Waals surface area contributed by atoms with E-state index in [-0.39, 0.29) is 11.9 Å². The molecule has 5 heteroatoms. The first-order valence-electron chi connectivity index (χ1n) is 5.30. The van der Waals surface area contributed by atoms with Gasteiger partial charge in [-0.05, 0) is 41.4 Å². The van der Waals surface area contributed by atoms with Crippen molar-refractivity contribution in [3.8, 4) is 0 Å². The molecular weight excluding hydrogens is 369 g/mol. The average molecular weight is 384 g/mol. The lowest BCUT2D eigenvalue weighted by atomic mass is 10.1. The molecule has 94 valence electrons. The van der Waals surface area contributed by atoms with Crippen LogP contribution >= 0.6 is 43.5 Å². The molecule has 1 aromatic rings. The normalized spacial score (nSPS) is 14.2. The second-order valence-electron chi connectivity index (χ2n) is 3.99. The molecule has 0 heterocycles. The number of carbonyl (C=O) groups excluding carboxylic acids is 1. The third-order valence-corrected chi connectivity index (χ3v) is 3.92. The summed E-state index contributed by atoms with van der Waals surface area (Å²) < 4.78 is 0.730. The molecule has 17 heavy (non-hydrogen) atoms. The lowest BCUT2D eigenvalue weighted by Gasteiger charge is -2.15. The molecule has 1 rings (SSSR count). The van der Waals surface area contributed by atoms with E-state index in [4.69, 9.17) is 11.6 Å². The van der Waals surface area contributed by atoms with E-state index in [2.05, 4.69) is 44.1 Å². The van der Waals surface area contributed by atoms with Gasteiger partial charge in [-0.2, -0.15) is 0 Å². The van der Waals surface area contributed by atoms with Gasteiger partial charge >= 0.3 is 0 Å². The number of hydrogen-bond acceptors (Lipinski definition) is 1. The van der Waals surface area contributed by atoms with Gasteiger partial charge in [0.1, 0.15) is 0 Å². The number of alkyl halides is 1. The molecule has 0 aliphatic rings. The largest absolute Gasteiger partial charge is 0.350 e. The van der Waals surface area contributed by atoms with Gasteiger partial charge in [-0.15, -0.1) is 0 Å². The molecule has 0 aliphatic carbocycles. The maximum Gasteiger partial charge on any atom is 0.253 e. The van der Waals surface area contributed by atoms with Crippen molar-refractivity contribution in [1.29, 1.82) is 0 Å². The minimum Gasteiger partial charge on any atom is -0.350 e.